The fraction of sp³-hybridized carbons (Fsp3) is 0.733. The number of amides is 1. The van der Waals surface area contributed by atoms with Crippen LogP contribution in [0.25, 0.3) is 0 Å². The van der Waals surface area contributed by atoms with Crippen LogP contribution in [0.5, 0.6) is 0 Å². The summed E-state index contributed by atoms with van der Waals surface area (Å²) in [6.07, 6.45) is 5.33. The molecule has 6 nitrogen and oxygen atoms in total. The van der Waals surface area contributed by atoms with Gasteiger partial charge in [0.15, 0.2) is 5.82 Å². The molecule has 0 bridgehead atoms. The van der Waals surface area contributed by atoms with Crippen LogP contribution < -0.4 is 0 Å². The van der Waals surface area contributed by atoms with Gasteiger partial charge >= 0.3 is 0 Å². The van der Waals surface area contributed by atoms with Crippen molar-refractivity contribution in [3.05, 3.63) is 11.6 Å². The Hall–Kier alpha value is -1.90. The highest BCUT2D eigenvalue weighted by Crippen LogP contribution is 2.38. The van der Waals surface area contributed by atoms with Crippen LogP contribution in [0, 0.1) is 16.7 Å². The third-order valence-corrected chi connectivity index (χ3v) is 4.76. The van der Waals surface area contributed by atoms with Crippen molar-refractivity contribution in [2.24, 2.45) is 5.41 Å². The fourth-order valence-corrected chi connectivity index (χ4v) is 3.48. The van der Waals surface area contributed by atoms with Crippen LogP contribution in [0.1, 0.15) is 50.7 Å². The van der Waals surface area contributed by atoms with Gasteiger partial charge in [0.05, 0.1) is 12.6 Å². The van der Waals surface area contributed by atoms with Crippen molar-refractivity contribution in [1.82, 2.24) is 19.7 Å². The standard InChI is InChI=1S/C15H21N5O/c1-2-12-17-18-13-10-19(8-9-20(12)13)14(21)15(11-16)6-4-3-5-7-15/h2-10H2,1H3. The van der Waals surface area contributed by atoms with E-state index >= 15 is 0 Å². The summed E-state index contributed by atoms with van der Waals surface area (Å²) in [5.41, 5.74) is -0.798. The van der Waals surface area contributed by atoms with Crippen molar-refractivity contribution in [2.45, 2.75) is 58.5 Å². The van der Waals surface area contributed by atoms with Crippen LogP contribution in [0.4, 0.5) is 0 Å². The molecule has 0 aromatic carbocycles. The molecule has 0 unspecified atom stereocenters. The van der Waals surface area contributed by atoms with E-state index in [2.05, 4.69) is 27.8 Å². The van der Waals surface area contributed by atoms with Crippen LogP contribution in [-0.4, -0.2) is 32.1 Å². The smallest absolute Gasteiger partial charge is 0.243 e. The molecule has 0 N–H and O–H groups in total. The third kappa shape index (κ3) is 2.31. The Bertz CT molecular complexity index is 579. The number of hydrogen-bond acceptors (Lipinski definition) is 4. The van der Waals surface area contributed by atoms with Crippen molar-refractivity contribution >= 4 is 5.91 Å². The maximum absolute atomic E-state index is 12.8. The zero-order chi connectivity index (χ0) is 14.9. The third-order valence-electron chi connectivity index (χ3n) is 4.76. The number of rotatable bonds is 2. The van der Waals surface area contributed by atoms with Gasteiger partial charge in [-0.05, 0) is 12.8 Å². The van der Waals surface area contributed by atoms with Crippen molar-refractivity contribution in [2.75, 3.05) is 6.54 Å². The molecule has 1 saturated carbocycles. The summed E-state index contributed by atoms with van der Waals surface area (Å²) in [7, 11) is 0. The first-order valence-corrected chi connectivity index (χ1v) is 7.82. The molecule has 6 heteroatoms. The van der Waals surface area contributed by atoms with E-state index in [1.807, 2.05) is 0 Å². The van der Waals surface area contributed by atoms with E-state index in [1.54, 1.807) is 4.90 Å². The molecule has 1 amide bonds. The molecule has 3 rings (SSSR count). The molecule has 0 saturated heterocycles. The topological polar surface area (TPSA) is 74.8 Å². The maximum Gasteiger partial charge on any atom is 0.243 e. The molecular weight excluding hydrogens is 266 g/mol. The highest BCUT2D eigenvalue weighted by molar-refractivity contribution is 5.85. The van der Waals surface area contributed by atoms with E-state index in [4.69, 9.17) is 0 Å². The van der Waals surface area contributed by atoms with E-state index in [0.29, 0.717) is 25.9 Å². The van der Waals surface area contributed by atoms with Gasteiger partial charge in [-0.25, -0.2) is 0 Å². The summed E-state index contributed by atoms with van der Waals surface area (Å²) in [6, 6.07) is 2.32. The van der Waals surface area contributed by atoms with Crippen molar-refractivity contribution in [3.8, 4) is 6.07 Å². The minimum absolute atomic E-state index is 0.00278. The fourth-order valence-electron chi connectivity index (χ4n) is 3.48. The molecule has 0 spiro atoms. The molecule has 1 aliphatic heterocycles. The number of aromatic nitrogens is 3. The molecule has 2 heterocycles. The van der Waals surface area contributed by atoms with Gasteiger partial charge in [0.2, 0.25) is 5.91 Å². The first-order chi connectivity index (χ1) is 10.2. The summed E-state index contributed by atoms with van der Waals surface area (Å²) >= 11 is 0. The van der Waals surface area contributed by atoms with Crippen LogP contribution in [-0.2, 0) is 24.3 Å². The van der Waals surface area contributed by atoms with Crippen LogP contribution in [0.15, 0.2) is 0 Å². The molecule has 21 heavy (non-hydrogen) atoms. The Balaban J connectivity index is 1.79. The monoisotopic (exact) mass is 287 g/mol. The van der Waals surface area contributed by atoms with Crippen LogP contribution in [0.2, 0.25) is 0 Å². The Morgan fingerprint density at radius 3 is 2.71 bits per heavy atom. The lowest BCUT2D eigenvalue weighted by atomic mass is 9.74. The zero-order valence-electron chi connectivity index (χ0n) is 12.5. The Morgan fingerprint density at radius 1 is 1.29 bits per heavy atom. The summed E-state index contributed by atoms with van der Waals surface area (Å²) in [5, 5.41) is 17.9. The quantitative estimate of drug-likeness (QED) is 0.829. The van der Waals surface area contributed by atoms with Gasteiger partial charge in [-0.1, -0.05) is 26.2 Å². The van der Waals surface area contributed by atoms with Gasteiger partial charge in [0.1, 0.15) is 11.2 Å². The van der Waals surface area contributed by atoms with Crippen molar-refractivity contribution in [3.63, 3.8) is 0 Å². The lowest BCUT2D eigenvalue weighted by molar-refractivity contribution is -0.142. The van der Waals surface area contributed by atoms with Gasteiger partial charge in [-0.2, -0.15) is 5.26 Å². The first-order valence-electron chi connectivity index (χ1n) is 7.82. The molecule has 1 aromatic heterocycles. The number of aryl methyl sites for hydroxylation is 1. The predicted octanol–water partition coefficient (Wildman–Crippen LogP) is 1.66. The van der Waals surface area contributed by atoms with Gasteiger partial charge in [0, 0.05) is 19.5 Å². The molecule has 1 fully saturated rings. The summed E-state index contributed by atoms with van der Waals surface area (Å²) in [4.78, 5) is 14.6. The second-order valence-corrected chi connectivity index (χ2v) is 6.02. The Kier molecular flexibility index (Phi) is 3.66. The number of nitrogens with zero attached hydrogens (tertiary/aromatic N) is 5. The summed E-state index contributed by atoms with van der Waals surface area (Å²) in [6.45, 7) is 3.93. The molecule has 1 aliphatic carbocycles. The molecule has 1 aromatic rings. The van der Waals surface area contributed by atoms with E-state index < -0.39 is 5.41 Å². The number of fused-ring (bicyclic) bond motifs is 1. The molecule has 0 atom stereocenters. The Labute approximate surface area is 124 Å². The largest absolute Gasteiger partial charge is 0.332 e. The first kappa shape index (κ1) is 14.1. The minimum Gasteiger partial charge on any atom is -0.332 e. The van der Waals surface area contributed by atoms with Crippen LogP contribution in [0.3, 0.4) is 0 Å². The van der Waals surface area contributed by atoms with E-state index in [9.17, 15) is 10.1 Å². The molecular formula is C15H21N5O. The second-order valence-electron chi connectivity index (χ2n) is 6.02. The lowest BCUT2D eigenvalue weighted by Gasteiger charge is -2.36. The highest BCUT2D eigenvalue weighted by atomic mass is 16.2. The average molecular weight is 287 g/mol. The van der Waals surface area contributed by atoms with E-state index in [-0.39, 0.29) is 5.91 Å². The zero-order valence-corrected chi connectivity index (χ0v) is 12.5. The SMILES string of the molecule is CCc1nnc2n1CCN(C(=O)C1(C#N)CCCCC1)C2. The van der Waals surface area contributed by atoms with Gasteiger partial charge in [-0.15, -0.1) is 10.2 Å². The van der Waals surface area contributed by atoms with Crippen molar-refractivity contribution < 1.29 is 4.79 Å². The predicted molar refractivity (Wildman–Crippen MR) is 75.9 cm³/mol. The van der Waals surface area contributed by atoms with Gasteiger partial charge < -0.3 is 9.47 Å². The number of carbonyl (C=O) groups excluding carboxylic acids is 1. The van der Waals surface area contributed by atoms with Crippen molar-refractivity contribution in [1.29, 1.82) is 5.26 Å². The summed E-state index contributed by atoms with van der Waals surface area (Å²) in [5.74, 6) is 1.82. The molecule has 2 aliphatic rings. The Morgan fingerprint density at radius 2 is 2.05 bits per heavy atom. The number of carbonyl (C=O) groups is 1. The average Bonchev–Trinajstić information content (AvgIpc) is 2.97. The van der Waals surface area contributed by atoms with E-state index in [1.165, 1.54) is 0 Å². The second kappa shape index (κ2) is 5.47. The highest BCUT2D eigenvalue weighted by Gasteiger charge is 2.43. The van der Waals surface area contributed by atoms with Gasteiger partial charge in [0.25, 0.3) is 0 Å². The number of nitriles is 1. The lowest BCUT2D eigenvalue weighted by Crippen LogP contribution is -2.47. The number of hydrogen-bond donors (Lipinski definition) is 0. The van der Waals surface area contributed by atoms with Gasteiger partial charge in [-0.3, -0.25) is 4.79 Å². The summed E-state index contributed by atoms with van der Waals surface area (Å²) < 4.78 is 2.10. The van der Waals surface area contributed by atoms with Crippen LogP contribution >= 0.6 is 0 Å². The minimum atomic E-state index is -0.798. The maximum atomic E-state index is 12.8. The molecule has 112 valence electrons. The van der Waals surface area contributed by atoms with E-state index in [0.717, 1.165) is 43.9 Å². The normalized spacial score (nSPS) is 20.7. The molecule has 0 radical (unpaired) electrons.